The molecule has 0 unspecified atom stereocenters. The minimum atomic E-state index is -0.428. The van der Waals surface area contributed by atoms with E-state index in [1.165, 1.54) is 38.5 Å². The quantitative estimate of drug-likeness (QED) is 0.514. The summed E-state index contributed by atoms with van der Waals surface area (Å²) in [5.74, 6) is 3.75. The second kappa shape index (κ2) is 7.21. The van der Waals surface area contributed by atoms with Gasteiger partial charge in [-0.1, -0.05) is 12.2 Å². The van der Waals surface area contributed by atoms with Gasteiger partial charge in [-0.2, -0.15) is 0 Å². The zero-order valence-electron chi connectivity index (χ0n) is 15.3. The van der Waals surface area contributed by atoms with Crippen LogP contribution in [0.3, 0.4) is 0 Å². The Morgan fingerprint density at radius 3 is 2.12 bits per heavy atom. The lowest BCUT2D eigenvalue weighted by atomic mass is 9.55. The molecule has 0 amide bonds. The first-order valence-corrected chi connectivity index (χ1v) is 10.2. The fourth-order valence-electron chi connectivity index (χ4n) is 6.39. The summed E-state index contributed by atoms with van der Waals surface area (Å²) in [7, 11) is 0. The third-order valence-corrected chi connectivity index (χ3v) is 7.40. The highest BCUT2D eigenvalue weighted by Gasteiger charge is 2.44. The summed E-state index contributed by atoms with van der Waals surface area (Å²) in [4.78, 5) is 0. The van der Waals surface area contributed by atoms with Gasteiger partial charge in [-0.3, -0.25) is 0 Å². The Morgan fingerprint density at radius 2 is 1.44 bits per heavy atom. The molecule has 1 aromatic rings. The Labute approximate surface area is 150 Å². The number of fused-ring (bicyclic) bond motifs is 3. The molecule has 6 atom stereocenters. The Balaban J connectivity index is 1.44. The SMILES string of the molecule is CC=C[C@@H]1CC[C@H]2[C@H](CC[C@H]3C[C@H](c4cc(F)cc(F)c4)CC[C@@H]32)C1. The molecule has 0 nitrogen and oxygen atoms in total. The van der Waals surface area contributed by atoms with Gasteiger partial charge in [0.2, 0.25) is 0 Å². The van der Waals surface area contributed by atoms with Gasteiger partial charge in [-0.25, -0.2) is 8.78 Å². The van der Waals surface area contributed by atoms with Crippen LogP contribution >= 0.6 is 0 Å². The number of halogens is 2. The standard InChI is InChI=1S/C23H30F2/c1-2-3-15-4-8-22-17(10-15)5-6-18-11-16(7-9-23(18)22)19-12-20(24)14-21(25)13-19/h2-3,12-18,22-23H,4-11H2,1H3/t15-,16-,17-,18+,22+,23+/m1/s1. The minimum Gasteiger partial charge on any atom is -0.207 e. The van der Waals surface area contributed by atoms with Gasteiger partial charge >= 0.3 is 0 Å². The predicted octanol–water partition coefficient (Wildman–Crippen LogP) is 6.87. The fourth-order valence-corrected chi connectivity index (χ4v) is 6.39. The molecule has 25 heavy (non-hydrogen) atoms. The molecule has 0 radical (unpaired) electrons. The third-order valence-electron chi connectivity index (χ3n) is 7.40. The summed E-state index contributed by atoms with van der Waals surface area (Å²) < 4.78 is 27.2. The average Bonchev–Trinajstić information content (AvgIpc) is 2.60. The highest BCUT2D eigenvalue weighted by Crippen LogP contribution is 2.54. The van der Waals surface area contributed by atoms with Crippen molar-refractivity contribution in [2.24, 2.45) is 29.6 Å². The van der Waals surface area contributed by atoms with Gasteiger partial charge in [0.05, 0.1) is 0 Å². The van der Waals surface area contributed by atoms with Crippen molar-refractivity contribution in [3.63, 3.8) is 0 Å². The van der Waals surface area contributed by atoms with E-state index < -0.39 is 11.6 Å². The molecule has 3 aliphatic carbocycles. The molecule has 0 heterocycles. The normalized spacial score (nSPS) is 38.4. The summed E-state index contributed by atoms with van der Waals surface area (Å²) in [5.41, 5.74) is 0.884. The maximum absolute atomic E-state index is 13.6. The van der Waals surface area contributed by atoms with Crippen LogP contribution in [0.5, 0.6) is 0 Å². The molecular weight excluding hydrogens is 314 g/mol. The largest absolute Gasteiger partial charge is 0.207 e. The van der Waals surface area contributed by atoms with Crippen LogP contribution in [0.4, 0.5) is 8.78 Å². The summed E-state index contributed by atoms with van der Waals surface area (Å²) in [6, 6.07) is 4.10. The second-order valence-corrected chi connectivity index (χ2v) is 8.74. The predicted molar refractivity (Wildman–Crippen MR) is 98.3 cm³/mol. The van der Waals surface area contributed by atoms with Gasteiger partial charge in [0.1, 0.15) is 11.6 Å². The van der Waals surface area contributed by atoms with Gasteiger partial charge in [-0.05, 0) is 111 Å². The third kappa shape index (κ3) is 3.55. The summed E-state index contributed by atoms with van der Waals surface area (Å²) in [5, 5.41) is 0. The van der Waals surface area contributed by atoms with Crippen molar-refractivity contribution < 1.29 is 8.78 Å². The Bertz CT molecular complexity index is 615. The minimum absolute atomic E-state index is 0.349. The maximum Gasteiger partial charge on any atom is 0.126 e. The molecule has 0 aromatic heterocycles. The van der Waals surface area contributed by atoms with Crippen molar-refractivity contribution in [3.8, 4) is 0 Å². The maximum atomic E-state index is 13.6. The van der Waals surface area contributed by atoms with Crippen molar-refractivity contribution in [2.45, 2.75) is 64.2 Å². The van der Waals surface area contributed by atoms with E-state index in [1.54, 1.807) is 12.1 Å². The first-order chi connectivity index (χ1) is 12.1. The van der Waals surface area contributed by atoms with Crippen molar-refractivity contribution in [2.75, 3.05) is 0 Å². The zero-order valence-corrected chi connectivity index (χ0v) is 15.3. The number of hydrogen-bond donors (Lipinski definition) is 0. The zero-order chi connectivity index (χ0) is 17.4. The van der Waals surface area contributed by atoms with Crippen LogP contribution in [0.1, 0.15) is 69.8 Å². The van der Waals surface area contributed by atoms with E-state index in [1.807, 2.05) is 0 Å². The van der Waals surface area contributed by atoms with E-state index >= 15 is 0 Å². The second-order valence-electron chi connectivity index (χ2n) is 8.74. The van der Waals surface area contributed by atoms with E-state index in [4.69, 9.17) is 0 Å². The topological polar surface area (TPSA) is 0 Å². The fraction of sp³-hybridized carbons (Fsp3) is 0.652. The summed E-state index contributed by atoms with van der Waals surface area (Å²) in [6.07, 6.45) is 14.9. The van der Waals surface area contributed by atoms with E-state index in [0.29, 0.717) is 5.92 Å². The number of hydrogen-bond acceptors (Lipinski definition) is 0. The van der Waals surface area contributed by atoms with Crippen molar-refractivity contribution in [1.29, 1.82) is 0 Å². The van der Waals surface area contributed by atoms with Crippen LogP contribution < -0.4 is 0 Å². The van der Waals surface area contributed by atoms with Crippen LogP contribution in [-0.2, 0) is 0 Å². The number of benzene rings is 1. The van der Waals surface area contributed by atoms with Gasteiger partial charge in [0.15, 0.2) is 0 Å². The molecule has 136 valence electrons. The summed E-state index contributed by atoms with van der Waals surface area (Å²) >= 11 is 0. The molecular formula is C23H30F2. The smallest absolute Gasteiger partial charge is 0.126 e. The molecule has 0 aliphatic heterocycles. The Morgan fingerprint density at radius 1 is 0.800 bits per heavy atom. The van der Waals surface area contributed by atoms with Crippen LogP contribution in [0.2, 0.25) is 0 Å². The van der Waals surface area contributed by atoms with Crippen LogP contribution in [-0.4, -0.2) is 0 Å². The molecule has 2 heteroatoms. The lowest BCUT2D eigenvalue weighted by Crippen LogP contribution is -2.41. The molecule has 4 rings (SSSR count). The van der Waals surface area contributed by atoms with Crippen LogP contribution in [0.25, 0.3) is 0 Å². The first-order valence-electron chi connectivity index (χ1n) is 10.2. The first kappa shape index (κ1) is 17.2. The Hall–Kier alpha value is -1.18. The number of allylic oxidation sites excluding steroid dienone is 2. The Kier molecular flexibility index (Phi) is 4.97. The monoisotopic (exact) mass is 344 g/mol. The average molecular weight is 344 g/mol. The molecule has 0 spiro atoms. The van der Waals surface area contributed by atoms with E-state index in [2.05, 4.69) is 19.1 Å². The van der Waals surface area contributed by atoms with Crippen molar-refractivity contribution >= 4 is 0 Å². The molecule has 1 aromatic carbocycles. The molecule has 0 bridgehead atoms. The lowest BCUT2D eigenvalue weighted by Gasteiger charge is -2.50. The van der Waals surface area contributed by atoms with Crippen molar-refractivity contribution in [3.05, 3.63) is 47.5 Å². The number of rotatable bonds is 2. The van der Waals surface area contributed by atoms with Gasteiger partial charge in [-0.15, -0.1) is 0 Å². The lowest BCUT2D eigenvalue weighted by molar-refractivity contribution is 0.0127. The van der Waals surface area contributed by atoms with E-state index in [9.17, 15) is 8.78 Å². The molecule has 3 aliphatic rings. The van der Waals surface area contributed by atoms with E-state index in [0.717, 1.165) is 54.1 Å². The van der Waals surface area contributed by atoms with Crippen molar-refractivity contribution in [1.82, 2.24) is 0 Å². The van der Waals surface area contributed by atoms with E-state index in [-0.39, 0.29) is 0 Å². The summed E-state index contributed by atoms with van der Waals surface area (Å²) in [6.45, 7) is 2.14. The highest BCUT2D eigenvalue weighted by molar-refractivity contribution is 5.23. The highest BCUT2D eigenvalue weighted by atomic mass is 19.1. The molecule has 0 N–H and O–H groups in total. The molecule has 0 saturated heterocycles. The molecule has 3 saturated carbocycles. The van der Waals surface area contributed by atoms with Gasteiger partial charge in [0, 0.05) is 6.07 Å². The van der Waals surface area contributed by atoms with Crippen LogP contribution in [0.15, 0.2) is 30.4 Å². The van der Waals surface area contributed by atoms with Gasteiger partial charge < -0.3 is 0 Å². The van der Waals surface area contributed by atoms with Gasteiger partial charge in [0.25, 0.3) is 0 Å². The van der Waals surface area contributed by atoms with Crippen LogP contribution in [0, 0.1) is 41.2 Å². The molecule has 3 fully saturated rings.